The fourth-order valence-corrected chi connectivity index (χ4v) is 3.81. The lowest BCUT2D eigenvalue weighted by atomic mass is 10.0. The number of aliphatic hydroxyl groups excluding tert-OH is 1. The number of hydrogen-bond donors (Lipinski definition) is 1. The number of pyridine rings is 1. The van der Waals surface area contributed by atoms with Crippen molar-refractivity contribution in [1.29, 1.82) is 0 Å². The molecule has 3 atom stereocenters. The van der Waals surface area contributed by atoms with E-state index in [0.717, 1.165) is 5.69 Å². The highest BCUT2D eigenvalue weighted by molar-refractivity contribution is 5.93. The molecule has 2 aromatic rings. The van der Waals surface area contributed by atoms with Gasteiger partial charge in [-0.05, 0) is 25.5 Å². The molecule has 0 unspecified atom stereocenters. The predicted octanol–water partition coefficient (Wildman–Crippen LogP) is 0.970. The zero-order chi connectivity index (χ0) is 23.1. The summed E-state index contributed by atoms with van der Waals surface area (Å²) < 4.78 is 8.01. The third kappa shape index (κ3) is 5.89. The summed E-state index contributed by atoms with van der Waals surface area (Å²) in [7, 11) is 1.74. The molecule has 0 radical (unpaired) electrons. The van der Waals surface area contributed by atoms with Crippen molar-refractivity contribution in [3.8, 4) is 0 Å². The van der Waals surface area contributed by atoms with Crippen molar-refractivity contribution < 1.29 is 19.4 Å². The van der Waals surface area contributed by atoms with E-state index in [4.69, 9.17) is 4.74 Å². The fraction of sp³-hybridized carbons (Fsp3) is 0.591. The molecule has 2 amide bonds. The van der Waals surface area contributed by atoms with E-state index in [9.17, 15) is 14.7 Å². The van der Waals surface area contributed by atoms with Crippen LogP contribution >= 0.6 is 0 Å². The van der Waals surface area contributed by atoms with Gasteiger partial charge < -0.3 is 19.6 Å². The first-order chi connectivity index (χ1) is 15.4. The topological polar surface area (TPSA) is 114 Å². The molecule has 0 aliphatic carbocycles. The van der Waals surface area contributed by atoms with Crippen LogP contribution in [0.15, 0.2) is 30.7 Å². The first kappa shape index (κ1) is 23.8. The van der Waals surface area contributed by atoms with Crippen molar-refractivity contribution >= 4 is 11.8 Å². The van der Waals surface area contributed by atoms with Crippen molar-refractivity contribution in [2.45, 2.75) is 52.0 Å². The highest BCUT2D eigenvalue weighted by atomic mass is 16.5. The zero-order valence-electron chi connectivity index (χ0n) is 18.9. The molecule has 1 aliphatic rings. The number of likely N-dealkylation sites (N-methyl/N-ethyl adjacent to an activating group) is 1. The summed E-state index contributed by atoms with van der Waals surface area (Å²) in [4.78, 5) is 33.1. The Bertz CT molecular complexity index is 890. The molecule has 0 fully saturated rings. The number of aromatic nitrogens is 4. The van der Waals surface area contributed by atoms with E-state index in [1.165, 1.54) is 0 Å². The van der Waals surface area contributed by atoms with E-state index < -0.39 is 0 Å². The Morgan fingerprint density at radius 3 is 2.84 bits per heavy atom. The first-order valence-electron chi connectivity index (χ1n) is 11.0. The minimum absolute atomic E-state index is 0.0133. The number of rotatable bonds is 5. The molecule has 10 nitrogen and oxygen atoms in total. The van der Waals surface area contributed by atoms with Crippen LogP contribution in [0.1, 0.15) is 42.7 Å². The predicted molar refractivity (Wildman–Crippen MR) is 116 cm³/mol. The van der Waals surface area contributed by atoms with Crippen LogP contribution in [0.3, 0.4) is 0 Å². The van der Waals surface area contributed by atoms with Gasteiger partial charge in [0.05, 0.1) is 37.3 Å². The Morgan fingerprint density at radius 2 is 2.12 bits per heavy atom. The number of aliphatic hydroxyl groups is 1. The van der Waals surface area contributed by atoms with Crippen LogP contribution < -0.4 is 0 Å². The van der Waals surface area contributed by atoms with Crippen molar-refractivity contribution in [1.82, 2.24) is 29.8 Å². The minimum Gasteiger partial charge on any atom is -0.394 e. The van der Waals surface area contributed by atoms with Crippen LogP contribution in [0.25, 0.3) is 0 Å². The molecule has 10 heteroatoms. The van der Waals surface area contributed by atoms with Gasteiger partial charge in [-0.3, -0.25) is 14.6 Å². The maximum absolute atomic E-state index is 12.9. The highest BCUT2D eigenvalue weighted by Gasteiger charge is 2.29. The number of carbonyl (C=O) groups excluding carboxylic acids is 2. The Hall–Kier alpha value is -2.85. The van der Waals surface area contributed by atoms with Crippen molar-refractivity contribution in [3.05, 3.63) is 42.0 Å². The Morgan fingerprint density at radius 1 is 1.38 bits per heavy atom. The van der Waals surface area contributed by atoms with E-state index in [1.807, 2.05) is 13.8 Å². The maximum atomic E-state index is 12.9. The maximum Gasteiger partial charge on any atom is 0.253 e. The Balaban J connectivity index is 1.81. The zero-order valence-corrected chi connectivity index (χ0v) is 18.9. The third-order valence-electron chi connectivity index (χ3n) is 5.87. The molecule has 32 heavy (non-hydrogen) atoms. The van der Waals surface area contributed by atoms with Gasteiger partial charge in [0.15, 0.2) is 0 Å². The van der Waals surface area contributed by atoms with Gasteiger partial charge in [0.25, 0.3) is 5.91 Å². The molecular formula is C22H32N6O4. The van der Waals surface area contributed by atoms with Crippen LogP contribution in [0.5, 0.6) is 0 Å². The summed E-state index contributed by atoms with van der Waals surface area (Å²) in [6.07, 6.45) is 5.50. The van der Waals surface area contributed by atoms with Gasteiger partial charge in [0.1, 0.15) is 0 Å². The van der Waals surface area contributed by atoms with Crippen molar-refractivity contribution in [2.75, 3.05) is 26.7 Å². The second kappa shape index (κ2) is 11.1. The SMILES string of the molecule is C[C@@H]1CN([C@H](C)CO)C(=O)CCCn2nncc2CO[C@@H]1CN(C)C(=O)c1ccncc1. The molecule has 0 spiro atoms. The molecular weight excluding hydrogens is 412 g/mol. The molecule has 0 bridgehead atoms. The summed E-state index contributed by atoms with van der Waals surface area (Å²) in [6, 6.07) is 3.06. The Kier molecular flexibility index (Phi) is 8.29. The van der Waals surface area contributed by atoms with Crippen LogP contribution in [0, 0.1) is 5.92 Å². The van der Waals surface area contributed by atoms with E-state index in [2.05, 4.69) is 15.3 Å². The van der Waals surface area contributed by atoms with Crippen molar-refractivity contribution in [2.24, 2.45) is 5.92 Å². The van der Waals surface area contributed by atoms with Crippen LogP contribution in [-0.4, -0.2) is 85.6 Å². The standard InChI is InChI=1S/C22H32N6O4/c1-16-12-27(17(2)14-29)21(30)5-4-10-28-19(11-24-25-28)15-32-20(16)13-26(3)22(31)18-6-8-23-9-7-18/h6-9,11,16-17,20,29H,4-5,10,12-15H2,1-3H3/t16-,17-,20-/m1/s1. The summed E-state index contributed by atoms with van der Waals surface area (Å²) in [5.41, 5.74) is 1.38. The molecule has 3 heterocycles. The van der Waals surface area contributed by atoms with Crippen LogP contribution in [0.4, 0.5) is 0 Å². The average molecular weight is 445 g/mol. The van der Waals surface area contributed by atoms with Crippen LogP contribution in [-0.2, 0) is 22.7 Å². The highest BCUT2D eigenvalue weighted by Crippen LogP contribution is 2.18. The number of aryl methyl sites for hydroxylation is 1. The largest absolute Gasteiger partial charge is 0.394 e. The van der Waals surface area contributed by atoms with E-state index in [1.54, 1.807) is 52.3 Å². The van der Waals surface area contributed by atoms with Gasteiger partial charge in [-0.2, -0.15) is 0 Å². The van der Waals surface area contributed by atoms with Gasteiger partial charge in [0, 0.05) is 57.0 Å². The van der Waals surface area contributed by atoms with E-state index >= 15 is 0 Å². The molecule has 0 saturated carbocycles. The Labute approximate surface area is 188 Å². The first-order valence-corrected chi connectivity index (χ1v) is 11.0. The van der Waals surface area contributed by atoms with Gasteiger partial charge in [-0.25, -0.2) is 4.68 Å². The molecule has 3 rings (SSSR count). The summed E-state index contributed by atoms with van der Waals surface area (Å²) in [5.74, 6) is -0.220. The van der Waals surface area contributed by atoms with Gasteiger partial charge in [-0.1, -0.05) is 12.1 Å². The molecule has 174 valence electrons. The molecule has 0 saturated heterocycles. The number of ether oxygens (including phenoxy) is 1. The number of fused-ring (bicyclic) bond motifs is 1. The summed E-state index contributed by atoms with van der Waals surface area (Å²) >= 11 is 0. The van der Waals surface area contributed by atoms with Gasteiger partial charge >= 0.3 is 0 Å². The third-order valence-corrected chi connectivity index (χ3v) is 5.87. The van der Waals surface area contributed by atoms with Crippen LogP contribution in [0.2, 0.25) is 0 Å². The lowest BCUT2D eigenvalue weighted by Gasteiger charge is -2.35. The minimum atomic E-state index is -0.338. The smallest absolute Gasteiger partial charge is 0.253 e. The molecule has 1 N–H and O–H groups in total. The number of carbonyl (C=O) groups is 2. The van der Waals surface area contributed by atoms with E-state index in [0.29, 0.717) is 44.6 Å². The second-order valence-electron chi connectivity index (χ2n) is 8.38. The lowest BCUT2D eigenvalue weighted by Crippen LogP contribution is -2.48. The summed E-state index contributed by atoms with van der Waals surface area (Å²) in [6.45, 7) is 5.37. The van der Waals surface area contributed by atoms with E-state index in [-0.39, 0.29) is 36.5 Å². The average Bonchev–Trinajstić information content (AvgIpc) is 3.25. The molecule has 0 aromatic carbocycles. The number of amides is 2. The van der Waals surface area contributed by atoms with Crippen molar-refractivity contribution in [3.63, 3.8) is 0 Å². The number of hydrogen-bond acceptors (Lipinski definition) is 7. The normalized spacial score (nSPS) is 21.2. The van der Waals surface area contributed by atoms with Gasteiger partial charge in [-0.15, -0.1) is 5.10 Å². The monoisotopic (exact) mass is 444 g/mol. The number of nitrogens with zero attached hydrogens (tertiary/aromatic N) is 6. The molecule has 1 aliphatic heterocycles. The fourth-order valence-electron chi connectivity index (χ4n) is 3.81. The molecule has 2 aromatic heterocycles. The summed E-state index contributed by atoms with van der Waals surface area (Å²) in [5, 5.41) is 17.8. The van der Waals surface area contributed by atoms with Gasteiger partial charge in [0.2, 0.25) is 5.91 Å². The second-order valence-corrected chi connectivity index (χ2v) is 8.38. The lowest BCUT2D eigenvalue weighted by molar-refractivity contribution is -0.136. The quantitative estimate of drug-likeness (QED) is 0.731.